The molecule has 6 nitrogen and oxygen atoms in total. The highest BCUT2D eigenvalue weighted by Gasteiger charge is 2.17. The molecule has 1 aromatic heterocycles. The topological polar surface area (TPSA) is 86.5 Å². The molecule has 0 spiro atoms. The summed E-state index contributed by atoms with van der Waals surface area (Å²) in [5.41, 5.74) is 9.31. The van der Waals surface area contributed by atoms with E-state index in [0.717, 1.165) is 23.9 Å². The number of carbonyl (C=O) groups is 1. The van der Waals surface area contributed by atoms with E-state index in [0.29, 0.717) is 28.3 Å². The van der Waals surface area contributed by atoms with Crippen molar-refractivity contribution in [1.82, 2.24) is 4.98 Å². The number of amides is 1. The van der Waals surface area contributed by atoms with Crippen LogP contribution in [-0.2, 0) is 6.42 Å². The summed E-state index contributed by atoms with van der Waals surface area (Å²) in [7, 11) is 3.14. The lowest BCUT2D eigenvalue weighted by Crippen LogP contribution is -2.14. The Balaban J connectivity index is 2.23. The maximum absolute atomic E-state index is 12.0. The molecule has 3 N–H and O–H groups in total. The van der Waals surface area contributed by atoms with Crippen LogP contribution in [0, 0.1) is 0 Å². The summed E-state index contributed by atoms with van der Waals surface area (Å²) < 4.78 is 10.8. The average molecular weight is 365 g/mol. The third-order valence-corrected chi connectivity index (χ3v) is 4.44. The van der Waals surface area contributed by atoms with Gasteiger partial charge in [0.1, 0.15) is 0 Å². The van der Waals surface area contributed by atoms with Gasteiger partial charge in [0, 0.05) is 23.3 Å². The van der Waals surface area contributed by atoms with E-state index in [4.69, 9.17) is 15.2 Å². The SMILES string of the molecule is CCCc1ccccc1Nc1c(C(N)=O)cnc2cc(OC)c(OC)cc12. The second kappa shape index (κ2) is 7.95. The first-order valence-corrected chi connectivity index (χ1v) is 8.78. The first kappa shape index (κ1) is 18.5. The van der Waals surface area contributed by atoms with Crippen molar-refractivity contribution in [3.05, 3.63) is 53.7 Å². The fourth-order valence-corrected chi connectivity index (χ4v) is 3.10. The Kier molecular flexibility index (Phi) is 5.45. The number of fused-ring (bicyclic) bond motifs is 1. The molecule has 0 radical (unpaired) electrons. The van der Waals surface area contributed by atoms with Gasteiger partial charge in [-0.1, -0.05) is 31.5 Å². The molecule has 0 atom stereocenters. The Labute approximate surface area is 158 Å². The Morgan fingerprint density at radius 1 is 1.15 bits per heavy atom. The Hall–Kier alpha value is -3.28. The van der Waals surface area contributed by atoms with Crippen LogP contribution in [-0.4, -0.2) is 25.1 Å². The Bertz CT molecular complexity index is 986. The highest BCUT2D eigenvalue weighted by molar-refractivity contribution is 6.08. The number of carbonyl (C=O) groups excluding carboxylic acids is 1. The number of anilines is 2. The van der Waals surface area contributed by atoms with Gasteiger partial charge < -0.3 is 20.5 Å². The summed E-state index contributed by atoms with van der Waals surface area (Å²) in [6.07, 6.45) is 3.43. The highest BCUT2D eigenvalue weighted by atomic mass is 16.5. The number of aryl methyl sites for hydroxylation is 1. The quantitative estimate of drug-likeness (QED) is 0.660. The van der Waals surface area contributed by atoms with Crippen LogP contribution in [0.1, 0.15) is 29.3 Å². The molecule has 27 heavy (non-hydrogen) atoms. The minimum absolute atomic E-state index is 0.320. The molecule has 3 rings (SSSR count). The number of benzene rings is 2. The van der Waals surface area contributed by atoms with E-state index in [1.165, 1.54) is 11.8 Å². The van der Waals surface area contributed by atoms with Crippen molar-refractivity contribution in [2.45, 2.75) is 19.8 Å². The molecule has 0 saturated carbocycles. The van der Waals surface area contributed by atoms with E-state index in [2.05, 4.69) is 23.3 Å². The van der Waals surface area contributed by atoms with Gasteiger partial charge in [-0.3, -0.25) is 9.78 Å². The molecule has 0 saturated heterocycles. The number of ether oxygens (including phenoxy) is 2. The van der Waals surface area contributed by atoms with E-state index in [9.17, 15) is 4.79 Å². The number of aromatic nitrogens is 1. The van der Waals surface area contributed by atoms with Crippen molar-refractivity contribution in [3.63, 3.8) is 0 Å². The largest absolute Gasteiger partial charge is 0.493 e. The predicted octanol–water partition coefficient (Wildman–Crippen LogP) is 4.05. The number of methoxy groups -OCH3 is 2. The maximum Gasteiger partial charge on any atom is 0.252 e. The molecule has 0 fully saturated rings. The van der Waals surface area contributed by atoms with Gasteiger partial charge in [-0.2, -0.15) is 0 Å². The zero-order chi connectivity index (χ0) is 19.4. The molecule has 1 heterocycles. The third-order valence-electron chi connectivity index (χ3n) is 4.44. The smallest absolute Gasteiger partial charge is 0.252 e. The van der Waals surface area contributed by atoms with Gasteiger partial charge in [-0.05, 0) is 24.1 Å². The van der Waals surface area contributed by atoms with Gasteiger partial charge in [-0.25, -0.2) is 0 Å². The van der Waals surface area contributed by atoms with Gasteiger partial charge in [0.15, 0.2) is 11.5 Å². The number of rotatable bonds is 7. The van der Waals surface area contributed by atoms with Crippen LogP contribution in [0.4, 0.5) is 11.4 Å². The number of primary amides is 1. The molecule has 2 aromatic carbocycles. The second-order valence-corrected chi connectivity index (χ2v) is 6.17. The van der Waals surface area contributed by atoms with Crippen LogP contribution in [0.5, 0.6) is 11.5 Å². The molecular formula is C21H23N3O3. The number of para-hydroxylation sites is 1. The predicted molar refractivity (Wildman–Crippen MR) is 107 cm³/mol. The molecule has 0 aliphatic heterocycles. The maximum atomic E-state index is 12.0. The number of hydrogen-bond donors (Lipinski definition) is 2. The van der Waals surface area contributed by atoms with Crippen molar-refractivity contribution in [1.29, 1.82) is 0 Å². The number of pyridine rings is 1. The summed E-state index contributed by atoms with van der Waals surface area (Å²) in [6, 6.07) is 11.6. The fraction of sp³-hybridized carbons (Fsp3) is 0.238. The van der Waals surface area contributed by atoms with Crippen LogP contribution in [0.2, 0.25) is 0 Å². The lowest BCUT2D eigenvalue weighted by atomic mass is 10.0. The summed E-state index contributed by atoms with van der Waals surface area (Å²) in [4.78, 5) is 16.4. The number of hydrogen-bond acceptors (Lipinski definition) is 5. The van der Waals surface area contributed by atoms with Crippen molar-refractivity contribution in [2.24, 2.45) is 5.73 Å². The first-order valence-electron chi connectivity index (χ1n) is 8.78. The molecule has 140 valence electrons. The van der Waals surface area contributed by atoms with E-state index in [1.807, 2.05) is 18.2 Å². The number of nitrogens with two attached hydrogens (primary N) is 1. The Morgan fingerprint density at radius 3 is 2.52 bits per heavy atom. The zero-order valence-corrected chi connectivity index (χ0v) is 15.7. The van der Waals surface area contributed by atoms with Crippen molar-refractivity contribution in [2.75, 3.05) is 19.5 Å². The van der Waals surface area contributed by atoms with E-state index in [-0.39, 0.29) is 0 Å². The summed E-state index contributed by atoms with van der Waals surface area (Å²) in [6.45, 7) is 2.13. The lowest BCUT2D eigenvalue weighted by molar-refractivity contribution is 0.100. The molecule has 0 bridgehead atoms. The van der Waals surface area contributed by atoms with Crippen LogP contribution < -0.4 is 20.5 Å². The summed E-state index contributed by atoms with van der Waals surface area (Å²) in [5, 5.41) is 4.13. The third kappa shape index (κ3) is 3.65. The van der Waals surface area contributed by atoms with Gasteiger partial charge in [0.25, 0.3) is 5.91 Å². The lowest BCUT2D eigenvalue weighted by Gasteiger charge is -2.17. The molecule has 3 aromatic rings. The van der Waals surface area contributed by atoms with Gasteiger partial charge in [-0.15, -0.1) is 0 Å². The van der Waals surface area contributed by atoms with Gasteiger partial charge in [0.2, 0.25) is 0 Å². The molecule has 0 aliphatic rings. The van der Waals surface area contributed by atoms with E-state index < -0.39 is 5.91 Å². The van der Waals surface area contributed by atoms with Crippen molar-refractivity contribution < 1.29 is 14.3 Å². The molecule has 1 amide bonds. The number of nitrogens with one attached hydrogen (secondary N) is 1. The number of nitrogens with zero attached hydrogens (tertiary/aromatic N) is 1. The van der Waals surface area contributed by atoms with Crippen molar-refractivity contribution in [3.8, 4) is 11.5 Å². The first-order chi connectivity index (χ1) is 13.1. The fourth-order valence-electron chi connectivity index (χ4n) is 3.10. The molecule has 0 unspecified atom stereocenters. The van der Waals surface area contributed by atoms with Crippen molar-refractivity contribution >= 4 is 28.2 Å². The second-order valence-electron chi connectivity index (χ2n) is 6.17. The standard InChI is InChI=1S/C21H23N3O3/c1-4-7-13-8-5-6-9-16(13)24-20-14-10-18(26-2)19(27-3)11-17(14)23-12-15(20)21(22)25/h5-6,8-12H,4,7H2,1-3H3,(H2,22,25)(H,23,24). The monoisotopic (exact) mass is 365 g/mol. The minimum atomic E-state index is -0.547. The van der Waals surface area contributed by atoms with Crippen LogP contribution in [0.25, 0.3) is 10.9 Å². The zero-order valence-electron chi connectivity index (χ0n) is 15.7. The summed E-state index contributed by atoms with van der Waals surface area (Å²) >= 11 is 0. The molecule has 0 aliphatic carbocycles. The Morgan fingerprint density at radius 2 is 1.85 bits per heavy atom. The highest BCUT2D eigenvalue weighted by Crippen LogP contribution is 2.37. The van der Waals surface area contributed by atoms with Gasteiger partial charge >= 0.3 is 0 Å². The molecule has 6 heteroatoms. The molecular weight excluding hydrogens is 342 g/mol. The minimum Gasteiger partial charge on any atom is -0.493 e. The normalized spacial score (nSPS) is 10.6. The van der Waals surface area contributed by atoms with E-state index >= 15 is 0 Å². The average Bonchev–Trinajstić information content (AvgIpc) is 2.68. The van der Waals surface area contributed by atoms with Crippen LogP contribution >= 0.6 is 0 Å². The van der Waals surface area contributed by atoms with Crippen LogP contribution in [0.3, 0.4) is 0 Å². The van der Waals surface area contributed by atoms with Crippen LogP contribution in [0.15, 0.2) is 42.6 Å². The van der Waals surface area contributed by atoms with Gasteiger partial charge in [0.05, 0.1) is 31.0 Å². The summed E-state index contributed by atoms with van der Waals surface area (Å²) in [5.74, 6) is 0.578. The van der Waals surface area contributed by atoms with E-state index in [1.54, 1.807) is 26.4 Å².